The number of quaternary nitrogens is 1. The zero-order valence-electron chi connectivity index (χ0n) is 26.4. The van der Waals surface area contributed by atoms with Crippen molar-refractivity contribution < 1.29 is 52.0 Å². The zero-order chi connectivity index (χ0) is 31.7. The fraction of sp³-hybridized carbons (Fsp3) is 0.833. The highest BCUT2D eigenvalue weighted by Crippen LogP contribution is 2.43. The first-order chi connectivity index (χ1) is 19.8. The number of aliphatic carboxylic acids is 1. The lowest BCUT2D eigenvalue weighted by Crippen LogP contribution is -2.37. The van der Waals surface area contributed by atoms with E-state index in [1.807, 2.05) is 21.1 Å². The molecule has 0 aliphatic carbocycles. The monoisotopic (exact) mass is 622 g/mol. The Morgan fingerprint density at radius 2 is 1.33 bits per heavy atom. The molecule has 0 heterocycles. The van der Waals surface area contributed by atoms with Crippen molar-refractivity contribution in [3.63, 3.8) is 0 Å². The quantitative estimate of drug-likeness (QED) is 0.0341. The van der Waals surface area contributed by atoms with Crippen molar-refractivity contribution in [1.82, 2.24) is 0 Å². The number of allylic oxidation sites excluding steroid dienone is 2. The van der Waals surface area contributed by atoms with Gasteiger partial charge in [0.05, 0.1) is 40.6 Å². The van der Waals surface area contributed by atoms with Crippen molar-refractivity contribution in [2.75, 3.05) is 47.5 Å². The maximum atomic E-state index is 12.2. The van der Waals surface area contributed by atoms with Crippen molar-refractivity contribution in [3.05, 3.63) is 12.2 Å². The van der Waals surface area contributed by atoms with E-state index in [9.17, 15) is 23.8 Å². The first-order valence-electron chi connectivity index (χ1n) is 15.5. The van der Waals surface area contributed by atoms with E-state index in [1.54, 1.807) is 0 Å². The number of phosphoric acid groups is 1. The average molecular weight is 623 g/mol. The van der Waals surface area contributed by atoms with Crippen LogP contribution < -0.4 is 0 Å². The first-order valence-corrected chi connectivity index (χ1v) is 17.0. The molecule has 0 saturated carbocycles. The summed E-state index contributed by atoms with van der Waals surface area (Å²) in [7, 11) is 1.24. The lowest BCUT2D eigenvalue weighted by atomic mass is 10.1. The first kappa shape index (κ1) is 40.2. The summed E-state index contributed by atoms with van der Waals surface area (Å²) in [6, 6.07) is 0. The minimum atomic E-state index is -4.44. The van der Waals surface area contributed by atoms with Gasteiger partial charge in [-0.25, -0.2) is 4.57 Å². The molecule has 0 saturated heterocycles. The van der Waals surface area contributed by atoms with Gasteiger partial charge in [-0.3, -0.25) is 23.4 Å². The SMILES string of the molecule is CCCCCCCC/C=C\CCCCCCCC(=O)OC[C@H](COP(=O)(O)OCC[N+](C)(C)C)OC(=O)CCC(=O)O. The Kier molecular flexibility index (Phi) is 23.6. The molecule has 0 amide bonds. The van der Waals surface area contributed by atoms with E-state index >= 15 is 0 Å². The van der Waals surface area contributed by atoms with Crippen LogP contribution in [0.4, 0.5) is 0 Å². The van der Waals surface area contributed by atoms with Gasteiger partial charge in [-0.2, -0.15) is 0 Å². The van der Waals surface area contributed by atoms with Gasteiger partial charge in [0, 0.05) is 6.42 Å². The number of unbranched alkanes of at least 4 members (excludes halogenated alkanes) is 11. The number of carboxylic acid groups (broad SMARTS) is 1. The maximum Gasteiger partial charge on any atom is 0.472 e. The number of phosphoric ester groups is 1. The van der Waals surface area contributed by atoms with Gasteiger partial charge in [0.25, 0.3) is 0 Å². The Balaban J connectivity index is 4.27. The molecule has 0 radical (unpaired) electrons. The fourth-order valence-electron chi connectivity index (χ4n) is 3.81. The summed E-state index contributed by atoms with van der Waals surface area (Å²) in [4.78, 5) is 44.8. The van der Waals surface area contributed by atoms with Gasteiger partial charge in [-0.15, -0.1) is 0 Å². The smallest absolute Gasteiger partial charge is 0.472 e. The molecular formula is C30H57NO10P+. The topological polar surface area (TPSA) is 146 Å². The van der Waals surface area contributed by atoms with Crippen LogP contribution in [0.15, 0.2) is 12.2 Å². The van der Waals surface area contributed by atoms with Crippen molar-refractivity contribution in [3.8, 4) is 0 Å². The van der Waals surface area contributed by atoms with Gasteiger partial charge in [0.15, 0.2) is 6.10 Å². The molecule has 0 aromatic carbocycles. The van der Waals surface area contributed by atoms with E-state index in [2.05, 4.69) is 19.1 Å². The van der Waals surface area contributed by atoms with Crippen molar-refractivity contribution in [2.24, 2.45) is 0 Å². The highest BCUT2D eigenvalue weighted by molar-refractivity contribution is 7.47. The van der Waals surface area contributed by atoms with Crippen molar-refractivity contribution in [1.29, 1.82) is 0 Å². The molecule has 2 atom stereocenters. The Labute approximate surface area is 253 Å². The molecule has 11 nitrogen and oxygen atoms in total. The third kappa shape index (κ3) is 28.3. The van der Waals surface area contributed by atoms with E-state index in [4.69, 9.17) is 23.6 Å². The molecule has 0 bridgehead atoms. The number of carbonyl (C=O) groups is 3. The van der Waals surface area contributed by atoms with Crippen molar-refractivity contribution in [2.45, 2.75) is 116 Å². The van der Waals surface area contributed by atoms with E-state index in [-0.39, 0.29) is 19.6 Å². The number of rotatable bonds is 28. The molecule has 246 valence electrons. The summed E-state index contributed by atoms with van der Waals surface area (Å²) in [5.74, 6) is -2.50. The average Bonchev–Trinajstić information content (AvgIpc) is 2.90. The van der Waals surface area contributed by atoms with Crippen LogP contribution in [0.5, 0.6) is 0 Å². The number of carboxylic acids is 1. The number of nitrogens with zero attached hydrogens (tertiary/aromatic N) is 1. The molecule has 42 heavy (non-hydrogen) atoms. The van der Waals surface area contributed by atoms with Crippen LogP contribution in [-0.2, 0) is 37.5 Å². The summed E-state index contributed by atoms with van der Waals surface area (Å²) < 4.78 is 32.9. The molecule has 1 unspecified atom stereocenters. The molecule has 0 aliphatic heterocycles. The zero-order valence-corrected chi connectivity index (χ0v) is 27.3. The van der Waals surface area contributed by atoms with Gasteiger partial charge < -0.3 is 24.0 Å². The summed E-state index contributed by atoms with van der Waals surface area (Å²) in [6.07, 6.45) is 17.7. The summed E-state index contributed by atoms with van der Waals surface area (Å²) in [5.41, 5.74) is 0. The van der Waals surface area contributed by atoms with E-state index in [0.29, 0.717) is 17.4 Å². The van der Waals surface area contributed by atoms with Crippen LogP contribution in [0, 0.1) is 0 Å². The van der Waals surface area contributed by atoms with E-state index in [1.165, 1.54) is 38.5 Å². The third-order valence-electron chi connectivity index (χ3n) is 6.35. The summed E-state index contributed by atoms with van der Waals surface area (Å²) in [5, 5.41) is 8.76. The van der Waals surface area contributed by atoms with E-state index < -0.39 is 51.3 Å². The predicted octanol–water partition coefficient (Wildman–Crippen LogP) is 6.18. The molecular weight excluding hydrogens is 565 g/mol. The number of likely N-dealkylation sites (N-methyl/N-ethyl adjacent to an activating group) is 1. The molecule has 0 spiro atoms. The van der Waals surface area contributed by atoms with Crippen molar-refractivity contribution >= 4 is 25.7 Å². The van der Waals surface area contributed by atoms with Gasteiger partial charge in [0.2, 0.25) is 0 Å². The molecule has 0 aromatic heterocycles. The molecule has 0 aromatic rings. The third-order valence-corrected chi connectivity index (χ3v) is 7.34. The Hall–Kier alpha value is -1.78. The van der Waals surface area contributed by atoms with Crippen LogP contribution in [0.3, 0.4) is 0 Å². The second-order valence-corrected chi connectivity index (χ2v) is 13.1. The molecule has 0 aliphatic rings. The second kappa shape index (κ2) is 24.6. The van der Waals surface area contributed by atoms with Gasteiger partial charge in [0.1, 0.15) is 19.8 Å². The fourth-order valence-corrected chi connectivity index (χ4v) is 4.55. The number of ether oxygens (including phenoxy) is 2. The van der Waals surface area contributed by atoms with Crippen LogP contribution in [0.1, 0.15) is 110 Å². The van der Waals surface area contributed by atoms with Crippen LogP contribution in [0.2, 0.25) is 0 Å². The van der Waals surface area contributed by atoms with Crippen LogP contribution in [-0.4, -0.2) is 86.0 Å². The molecule has 0 rings (SSSR count). The van der Waals surface area contributed by atoms with Crippen LogP contribution in [0.25, 0.3) is 0 Å². The number of esters is 2. The predicted molar refractivity (Wildman–Crippen MR) is 162 cm³/mol. The normalized spacial score (nSPS) is 14.0. The number of hydrogen-bond donors (Lipinski definition) is 2. The van der Waals surface area contributed by atoms with Crippen LogP contribution >= 0.6 is 7.82 Å². The number of carbonyl (C=O) groups excluding carboxylic acids is 2. The minimum absolute atomic E-state index is 0.0364. The number of hydrogen-bond acceptors (Lipinski definition) is 8. The highest BCUT2D eigenvalue weighted by Gasteiger charge is 2.27. The minimum Gasteiger partial charge on any atom is -0.481 e. The Morgan fingerprint density at radius 1 is 0.762 bits per heavy atom. The summed E-state index contributed by atoms with van der Waals surface area (Å²) >= 11 is 0. The maximum absolute atomic E-state index is 12.2. The Bertz CT molecular complexity index is 812. The molecule has 12 heteroatoms. The standard InChI is InChI=1S/C30H56NO10P/c1-5-6-7-8-9-10-11-12-13-14-15-16-17-18-19-20-29(34)38-25-27(41-30(35)22-21-28(32)33)26-40-42(36,37)39-24-23-31(2,3)4/h12-13,27H,5-11,14-26H2,1-4H3,(H-,32,33,36,37)/p+1/b13-12-/t27-/m1/s1. The lowest BCUT2D eigenvalue weighted by molar-refractivity contribution is -0.870. The van der Waals surface area contributed by atoms with Gasteiger partial charge in [-0.1, -0.05) is 70.4 Å². The highest BCUT2D eigenvalue weighted by atomic mass is 31.2. The lowest BCUT2D eigenvalue weighted by Gasteiger charge is -2.24. The van der Waals surface area contributed by atoms with Gasteiger partial charge in [-0.05, 0) is 32.1 Å². The largest absolute Gasteiger partial charge is 0.481 e. The summed E-state index contributed by atoms with van der Waals surface area (Å²) in [6.45, 7) is 1.70. The molecule has 2 N–H and O–H groups in total. The Morgan fingerprint density at radius 3 is 1.90 bits per heavy atom. The second-order valence-electron chi connectivity index (χ2n) is 11.6. The molecule has 0 fully saturated rings. The van der Waals surface area contributed by atoms with Gasteiger partial charge >= 0.3 is 25.7 Å². The van der Waals surface area contributed by atoms with E-state index in [0.717, 1.165) is 38.5 Å².